The standard InChI is InChI=1S/C12H17NO/c1-10-3-2-4-12(7-10)14-9-11-5-6-13-8-11/h2-4,7,11,13H,5-6,8-9H2,1H3/t11-/m0/s1. The predicted octanol–water partition coefficient (Wildman–Crippen LogP) is 1.98. The van der Waals surface area contributed by atoms with Crippen LogP contribution in [-0.4, -0.2) is 19.7 Å². The Balaban J connectivity index is 1.85. The molecular weight excluding hydrogens is 174 g/mol. The van der Waals surface area contributed by atoms with Crippen molar-refractivity contribution in [2.45, 2.75) is 13.3 Å². The Bertz CT molecular complexity index is 292. The van der Waals surface area contributed by atoms with Crippen LogP contribution in [0.5, 0.6) is 5.75 Å². The van der Waals surface area contributed by atoms with E-state index in [0.29, 0.717) is 5.92 Å². The molecule has 0 aromatic heterocycles. The molecule has 0 bridgehead atoms. The molecule has 1 aliphatic rings. The molecule has 1 aromatic carbocycles. The lowest BCUT2D eigenvalue weighted by atomic mass is 10.1. The summed E-state index contributed by atoms with van der Waals surface area (Å²) in [5, 5.41) is 3.34. The molecule has 2 heteroatoms. The first-order valence-corrected chi connectivity index (χ1v) is 5.25. The van der Waals surface area contributed by atoms with Gasteiger partial charge in [0.05, 0.1) is 6.61 Å². The van der Waals surface area contributed by atoms with E-state index in [4.69, 9.17) is 4.74 Å². The maximum Gasteiger partial charge on any atom is 0.119 e. The zero-order chi connectivity index (χ0) is 9.80. The molecule has 0 saturated carbocycles. The second-order valence-electron chi connectivity index (χ2n) is 3.99. The highest BCUT2D eigenvalue weighted by Crippen LogP contribution is 2.15. The van der Waals surface area contributed by atoms with Crippen molar-refractivity contribution in [1.82, 2.24) is 5.32 Å². The van der Waals surface area contributed by atoms with Crippen molar-refractivity contribution in [2.24, 2.45) is 5.92 Å². The first-order valence-electron chi connectivity index (χ1n) is 5.25. The quantitative estimate of drug-likeness (QED) is 0.789. The molecule has 1 fully saturated rings. The Hall–Kier alpha value is -1.02. The molecule has 1 aliphatic heterocycles. The number of hydrogen-bond donors (Lipinski definition) is 1. The zero-order valence-electron chi connectivity index (χ0n) is 8.62. The minimum Gasteiger partial charge on any atom is -0.493 e. The first kappa shape index (κ1) is 9.53. The summed E-state index contributed by atoms with van der Waals surface area (Å²) < 4.78 is 5.73. The van der Waals surface area contributed by atoms with Crippen molar-refractivity contribution >= 4 is 0 Å². The van der Waals surface area contributed by atoms with E-state index in [1.54, 1.807) is 0 Å². The maximum absolute atomic E-state index is 5.73. The SMILES string of the molecule is Cc1cccc(OC[C@H]2CCNC2)c1. The van der Waals surface area contributed by atoms with Gasteiger partial charge in [-0.1, -0.05) is 12.1 Å². The summed E-state index contributed by atoms with van der Waals surface area (Å²) in [7, 11) is 0. The molecule has 0 unspecified atom stereocenters. The minimum absolute atomic E-state index is 0.690. The summed E-state index contributed by atoms with van der Waals surface area (Å²) in [6.07, 6.45) is 1.24. The molecule has 1 aromatic rings. The van der Waals surface area contributed by atoms with Crippen LogP contribution in [0.1, 0.15) is 12.0 Å². The summed E-state index contributed by atoms with van der Waals surface area (Å²) in [5.41, 5.74) is 1.26. The van der Waals surface area contributed by atoms with E-state index in [9.17, 15) is 0 Å². The third-order valence-corrected chi connectivity index (χ3v) is 2.64. The van der Waals surface area contributed by atoms with Crippen molar-refractivity contribution in [2.75, 3.05) is 19.7 Å². The number of aryl methyl sites for hydroxylation is 1. The Morgan fingerprint density at radius 1 is 1.50 bits per heavy atom. The van der Waals surface area contributed by atoms with Gasteiger partial charge in [0.15, 0.2) is 0 Å². The maximum atomic E-state index is 5.73. The fraction of sp³-hybridized carbons (Fsp3) is 0.500. The number of rotatable bonds is 3. The normalized spacial score (nSPS) is 21.1. The summed E-state index contributed by atoms with van der Waals surface area (Å²) in [4.78, 5) is 0. The molecule has 1 atom stereocenters. The molecule has 0 radical (unpaired) electrons. The Kier molecular flexibility index (Phi) is 3.04. The number of ether oxygens (including phenoxy) is 1. The van der Waals surface area contributed by atoms with Crippen LogP contribution in [0.25, 0.3) is 0 Å². The van der Waals surface area contributed by atoms with Gasteiger partial charge < -0.3 is 10.1 Å². The molecule has 0 aliphatic carbocycles. The number of benzene rings is 1. The predicted molar refractivity (Wildman–Crippen MR) is 57.7 cm³/mol. The van der Waals surface area contributed by atoms with E-state index in [0.717, 1.165) is 25.4 Å². The summed E-state index contributed by atoms with van der Waals surface area (Å²) in [6, 6.07) is 8.24. The van der Waals surface area contributed by atoms with Gasteiger partial charge in [0.1, 0.15) is 5.75 Å². The van der Waals surface area contributed by atoms with Crippen LogP contribution in [0.15, 0.2) is 24.3 Å². The van der Waals surface area contributed by atoms with Crippen molar-refractivity contribution in [3.05, 3.63) is 29.8 Å². The van der Waals surface area contributed by atoms with Gasteiger partial charge >= 0.3 is 0 Å². The van der Waals surface area contributed by atoms with Gasteiger partial charge in [0.25, 0.3) is 0 Å². The third-order valence-electron chi connectivity index (χ3n) is 2.64. The van der Waals surface area contributed by atoms with E-state index in [1.165, 1.54) is 12.0 Å². The lowest BCUT2D eigenvalue weighted by Gasteiger charge is -2.10. The fourth-order valence-electron chi connectivity index (χ4n) is 1.78. The number of hydrogen-bond acceptors (Lipinski definition) is 2. The van der Waals surface area contributed by atoms with Crippen molar-refractivity contribution < 1.29 is 4.74 Å². The lowest BCUT2D eigenvalue weighted by molar-refractivity contribution is 0.260. The summed E-state index contributed by atoms with van der Waals surface area (Å²) >= 11 is 0. The second kappa shape index (κ2) is 4.47. The van der Waals surface area contributed by atoms with Crippen molar-refractivity contribution in [1.29, 1.82) is 0 Å². The fourth-order valence-corrected chi connectivity index (χ4v) is 1.78. The van der Waals surface area contributed by atoms with Crippen LogP contribution in [0.3, 0.4) is 0 Å². The lowest BCUT2D eigenvalue weighted by Crippen LogP contribution is -2.15. The van der Waals surface area contributed by atoms with Crippen molar-refractivity contribution in [3.8, 4) is 5.75 Å². The van der Waals surface area contributed by atoms with Gasteiger partial charge in [-0.2, -0.15) is 0 Å². The molecule has 1 N–H and O–H groups in total. The van der Waals surface area contributed by atoms with Gasteiger partial charge in [-0.15, -0.1) is 0 Å². The highest BCUT2D eigenvalue weighted by atomic mass is 16.5. The number of nitrogens with one attached hydrogen (secondary N) is 1. The van der Waals surface area contributed by atoms with Crippen LogP contribution >= 0.6 is 0 Å². The van der Waals surface area contributed by atoms with Crippen LogP contribution < -0.4 is 10.1 Å². The largest absolute Gasteiger partial charge is 0.493 e. The average molecular weight is 191 g/mol. The van der Waals surface area contributed by atoms with Crippen LogP contribution in [0, 0.1) is 12.8 Å². The van der Waals surface area contributed by atoms with E-state index in [-0.39, 0.29) is 0 Å². The zero-order valence-corrected chi connectivity index (χ0v) is 8.62. The molecular formula is C12H17NO. The molecule has 14 heavy (non-hydrogen) atoms. The molecule has 76 valence electrons. The van der Waals surface area contributed by atoms with Gasteiger partial charge in [-0.3, -0.25) is 0 Å². The summed E-state index contributed by atoms with van der Waals surface area (Å²) in [6.45, 7) is 5.17. The Labute approximate surface area is 85.3 Å². The average Bonchev–Trinajstić information content (AvgIpc) is 2.67. The minimum atomic E-state index is 0.690. The monoisotopic (exact) mass is 191 g/mol. The van der Waals surface area contributed by atoms with Gasteiger partial charge in [-0.05, 0) is 37.6 Å². The molecule has 2 nitrogen and oxygen atoms in total. The Morgan fingerprint density at radius 2 is 2.43 bits per heavy atom. The van der Waals surface area contributed by atoms with E-state index >= 15 is 0 Å². The van der Waals surface area contributed by atoms with Crippen molar-refractivity contribution in [3.63, 3.8) is 0 Å². The van der Waals surface area contributed by atoms with Crippen LogP contribution in [-0.2, 0) is 0 Å². The van der Waals surface area contributed by atoms with Crippen LogP contribution in [0.4, 0.5) is 0 Å². The Morgan fingerprint density at radius 3 is 3.14 bits per heavy atom. The van der Waals surface area contributed by atoms with Gasteiger partial charge in [0, 0.05) is 12.5 Å². The first-order chi connectivity index (χ1) is 6.84. The highest BCUT2D eigenvalue weighted by Gasteiger charge is 2.14. The molecule has 2 rings (SSSR count). The topological polar surface area (TPSA) is 21.3 Å². The molecule has 0 spiro atoms. The van der Waals surface area contributed by atoms with Gasteiger partial charge in [0.2, 0.25) is 0 Å². The third kappa shape index (κ3) is 2.48. The highest BCUT2D eigenvalue weighted by molar-refractivity contribution is 5.27. The van der Waals surface area contributed by atoms with E-state index in [2.05, 4.69) is 24.4 Å². The van der Waals surface area contributed by atoms with Crippen LogP contribution in [0.2, 0.25) is 0 Å². The molecule has 0 amide bonds. The smallest absolute Gasteiger partial charge is 0.119 e. The van der Waals surface area contributed by atoms with E-state index in [1.807, 2.05) is 12.1 Å². The second-order valence-corrected chi connectivity index (χ2v) is 3.99. The summed E-state index contributed by atoms with van der Waals surface area (Å²) in [5.74, 6) is 1.69. The molecule has 1 saturated heterocycles. The van der Waals surface area contributed by atoms with E-state index < -0.39 is 0 Å². The van der Waals surface area contributed by atoms with Gasteiger partial charge in [-0.25, -0.2) is 0 Å². The molecule has 1 heterocycles.